The Hall–Kier alpha value is -1.67. The molecule has 0 saturated heterocycles. The van der Waals surface area contributed by atoms with Crippen molar-refractivity contribution in [2.45, 2.75) is 0 Å². The van der Waals surface area contributed by atoms with Crippen molar-refractivity contribution >= 4 is 11.6 Å². The zero-order valence-corrected chi connectivity index (χ0v) is 8.75. The van der Waals surface area contributed by atoms with Crippen LogP contribution in [-0.2, 0) is 0 Å². The summed E-state index contributed by atoms with van der Waals surface area (Å²) in [6.45, 7) is -0.198. The SMILES string of the molecule is OCC#C/C(Cl)=C\C#Cc1ccccc1. The number of aliphatic hydroxyl groups is 1. The number of benzene rings is 1. The van der Waals surface area contributed by atoms with E-state index in [1.807, 2.05) is 30.3 Å². The Morgan fingerprint density at radius 3 is 2.73 bits per heavy atom. The van der Waals surface area contributed by atoms with Gasteiger partial charge in [0.1, 0.15) is 6.61 Å². The third-order valence-electron chi connectivity index (χ3n) is 1.48. The van der Waals surface area contributed by atoms with Crippen LogP contribution in [0.25, 0.3) is 0 Å². The van der Waals surface area contributed by atoms with Crippen molar-refractivity contribution in [1.82, 2.24) is 0 Å². The van der Waals surface area contributed by atoms with Gasteiger partial charge >= 0.3 is 0 Å². The van der Waals surface area contributed by atoms with E-state index < -0.39 is 0 Å². The van der Waals surface area contributed by atoms with Crippen LogP contribution in [0.1, 0.15) is 5.56 Å². The Bertz CT molecular complexity index is 452. The second-order valence-electron chi connectivity index (χ2n) is 2.59. The van der Waals surface area contributed by atoms with Crippen molar-refractivity contribution in [3.63, 3.8) is 0 Å². The van der Waals surface area contributed by atoms with Crippen molar-refractivity contribution in [3.05, 3.63) is 47.0 Å². The Morgan fingerprint density at radius 1 is 1.33 bits per heavy atom. The highest BCUT2D eigenvalue weighted by Crippen LogP contribution is 1.98. The lowest BCUT2D eigenvalue weighted by Crippen LogP contribution is -1.72. The standard InChI is InChI=1S/C13H9ClO/c14-13(10-5-11-15)9-4-8-12-6-2-1-3-7-12/h1-3,6-7,9,15H,11H2/b13-9+. The van der Waals surface area contributed by atoms with Crippen molar-refractivity contribution < 1.29 is 5.11 Å². The molecule has 0 unspecified atom stereocenters. The van der Waals surface area contributed by atoms with Crippen molar-refractivity contribution in [1.29, 1.82) is 0 Å². The van der Waals surface area contributed by atoms with Crippen molar-refractivity contribution in [3.8, 4) is 23.7 Å². The number of rotatable bonds is 0. The molecule has 2 heteroatoms. The predicted octanol–water partition coefficient (Wildman–Crippen LogP) is 2.16. The zero-order valence-electron chi connectivity index (χ0n) is 8.00. The van der Waals surface area contributed by atoms with Crippen LogP contribution in [0.5, 0.6) is 0 Å². The summed E-state index contributed by atoms with van der Waals surface area (Å²) >= 11 is 5.70. The molecule has 0 amide bonds. The summed E-state index contributed by atoms with van der Waals surface area (Å²) < 4.78 is 0. The van der Waals surface area contributed by atoms with Crippen LogP contribution >= 0.6 is 11.6 Å². The summed E-state index contributed by atoms with van der Waals surface area (Å²) in [4.78, 5) is 0. The molecule has 1 rings (SSSR count). The fraction of sp³-hybridized carbons (Fsp3) is 0.0769. The average molecular weight is 217 g/mol. The van der Waals surface area contributed by atoms with Gasteiger partial charge in [0, 0.05) is 11.6 Å². The van der Waals surface area contributed by atoms with Gasteiger partial charge in [-0.1, -0.05) is 53.5 Å². The Kier molecular flexibility index (Phi) is 5.12. The second-order valence-corrected chi connectivity index (χ2v) is 2.99. The molecule has 0 atom stereocenters. The van der Waals surface area contributed by atoms with Crippen LogP contribution in [0.15, 0.2) is 41.4 Å². The molecule has 74 valence electrons. The molecule has 0 aliphatic heterocycles. The maximum atomic E-state index is 8.42. The van der Waals surface area contributed by atoms with Gasteiger partial charge in [-0.25, -0.2) is 0 Å². The molecule has 1 nitrogen and oxygen atoms in total. The molecule has 15 heavy (non-hydrogen) atoms. The van der Waals surface area contributed by atoms with Gasteiger partial charge in [-0.05, 0) is 12.1 Å². The van der Waals surface area contributed by atoms with Gasteiger partial charge in [0.15, 0.2) is 0 Å². The van der Waals surface area contributed by atoms with E-state index >= 15 is 0 Å². The molecule has 0 radical (unpaired) electrons. The van der Waals surface area contributed by atoms with E-state index in [1.54, 1.807) is 0 Å². The normalized spacial score (nSPS) is 9.60. The van der Waals surface area contributed by atoms with E-state index in [9.17, 15) is 0 Å². The highest BCUT2D eigenvalue weighted by Gasteiger charge is 1.81. The zero-order chi connectivity index (χ0) is 10.9. The van der Waals surface area contributed by atoms with E-state index in [0.717, 1.165) is 5.56 Å². The first-order valence-electron chi connectivity index (χ1n) is 4.35. The number of hydrogen-bond acceptors (Lipinski definition) is 1. The first-order chi connectivity index (χ1) is 7.33. The minimum atomic E-state index is -0.198. The topological polar surface area (TPSA) is 20.2 Å². The monoisotopic (exact) mass is 216 g/mol. The summed E-state index contributed by atoms with van der Waals surface area (Å²) in [7, 11) is 0. The molecule has 0 aliphatic rings. The molecular weight excluding hydrogens is 208 g/mol. The predicted molar refractivity (Wildman–Crippen MR) is 62.1 cm³/mol. The van der Waals surface area contributed by atoms with E-state index in [2.05, 4.69) is 23.7 Å². The minimum Gasteiger partial charge on any atom is -0.384 e. The molecule has 0 aliphatic carbocycles. The second kappa shape index (κ2) is 6.74. The highest BCUT2D eigenvalue weighted by molar-refractivity contribution is 6.32. The summed E-state index contributed by atoms with van der Waals surface area (Å²) in [5, 5.41) is 8.75. The molecule has 0 saturated carbocycles. The van der Waals surface area contributed by atoms with Gasteiger partial charge in [0.05, 0.1) is 5.03 Å². The van der Waals surface area contributed by atoms with Gasteiger partial charge in [0.2, 0.25) is 0 Å². The lowest BCUT2D eigenvalue weighted by molar-refractivity contribution is 0.350. The highest BCUT2D eigenvalue weighted by atomic mass is 35.5. The first kappa shape index (κ1) is 11.4. The Morgan fingerprint density at radius 2 is 2.07 bits per heavy atom. The fourth-order valence-electron chi connectivity index (χ4n) is 0.864. The van der Waals surface area contributed by atoms with Gasteiger partial charge < -0.3 is 5.11 Å². The van der Waals surface area contributed by atoms with Crippen LogP contribution in [0.2, 0.25) is 0 Å². The van der Waals surface area contributed by atoms with Crippen LogP contribution in [-0.4, -0.2) is 11.7 Å². The Labute approximate surface area is 94.4 Å². The molecule has 1 aromatic rings. The number of hydrogen-bond donors (Lipinski definition) is 1. The summed E-state index contributed by atoms with van der Waals surface area (Å²) in [5.74, 6) is 10.7. The lowest BCUT2D eigenvalue weighted by Gasteiger charge is -1.84. The lowest BCUT2D eigenvalue weighted by atomic mass is 10.2. The molecule has 0 fully saturated rings. The van der Waals surface area contributed by atoms with Gasteiger partial charge in [-0.2, -0.15) is 0 Å². The fourth-order valence-corrected chi connectivity index (χ4v) is 0.986. The number of allylic oxidation sites excluding steroid dienone is 2. The van der Waals surface area contributed by atoms with Crippen molar-refractivity contribution in [2.24, 2.45) is 0 Å². The molecule has 0 aromatic heterocycles. The van der Waals surface area contributed by atoms with Gasteiger partial charge in [0.25, 0.3) is 0 Å². The van der Waals surface area contributed by atoms with Crippen LogP contribution in [0.4, 0.5) is 0 Å². The van der Waals surface area contributed by atoms with Crippen LogP contribution < -0.4 is 0 Å². The van der Waals surface area contributed by atoms with Gasteiger partial charge in [-0.3, -0.25) is 0 Å². The van der Waals surface area contributed by atoms with E-state index in [1.165, 1.54) is 6.08 Å². The molecular formula is C13H9ClO. The molecule has 1 N–H and O–H groups in total. The smallest absolute Gasteiger partial charge is 0.104 e. The third kappa shape index (κ3) is 4.93. The average Bonchev–Trinajstić information content (AvgIpc) is 2.28. The van der Waals surface area contributed by atoms with E-state index in [0.29, 0.717) is 5.03 Å². The van der Waals surface area contributed by atoms with E-state index in [-0.39, 0.29) is 6.61 Å². The van der Waals surface area contributed by atoms with Gasteiger partial charge in [-0.15, -0.1) is 0 Å². The van der Waals surface area contributed by atoms with Crippen LogP contribution in [0, 0.1) is 23.7 Å². The maximum absolute atomic E-state index is 8.42. The quantitative estimate of drug-likeness (QED) is 0.659. The summed E-state index contributed by atoms with van der Waals surface area (Å²) in [6.07, 6.45) is 1.51. The largest absolute Gasteiger partial charge is 0.384 e. The summed E-state index contributed by atoms with van der Waals surface area (Å²) in [5.41, 5.74) is 0.924. The minimum absolute atomic E-state index is 0.198. The molecule has 0 bridgehead atoms. The number of aliphatic hydroxyl groups excluding tert-OH is 1. The van der Waals surface area contributed by atoms with E-state index in [4.69, 9.17) is 16.7 Å². The third-order valence-corrected chi connectivity index (χ3v) is 1.68. The molecule has 1 aromatic carbocycles. The molecule has 0 spiro atoms. The van der Waals surface area contributed by atoms with Crippen molar-refractivity contribution in [2.75, 3.05) is 6.61 Å². The number of halogens is 1. The first-order valence-corrected chi connectivity index (χ1v) is 4.72. The maximum Gasteiger partial charge on any atom is 0.104 e. The molecule has 0 heterocycles. The summed E-state index contributed by atoms with van der Waals surface area (Å²) in [6, 6.07) is 9.59. The van der Waals surface area contributed by atoms with Crippen LogP contribution in [0.3, 0.4) is 0 Å². The Balaban J connectivity index is 2.68.